The summed E-state index contributed by atoms with van der Waals surface area (Å²) >= 11 is 0. The number of hydrogen-bond acceptors (Lipinski definition) is 3. The molecule has 0 saturated carbocycles. The average molecular weight is 256 g/mol. The van der Waals surface area contributed by atoms with E-state index in [0.717, 1.165) is 0 Å². The Morgan fingerprint density at radius 3 is 2.05 bits per heavy atom. The number of ether oxygens (including phenoxy) is 1. The highest BCUT2D eigenvalue weighted by Crippen LogP contribution is 2.17. The van der Waals surface area contributed by atoms with Crippen molar-refractivity contribution in [3.05, 3.63) is 59.2 Å². The maximum Gasteiger partial charge on any atom is 0.488 e. The van der Waals surface area contributed by atoms with E-state index < -0.39 is 7.12 Å². The Balaban J connectivity index is 2.06. The monoisotopic (exact) mass is 256 g/mol. The molecule has 3 nitrogen and oxygen atoms in total. The van der Waals surface area contributed by atoms with Gasteiger partial charge >= 0.3 is 7.12 Å². The van der Waals surface area contributed by atoms with Gasteiger partial charge in [-0.3, -0.25) is 0 Å². The van der Waals surface area contributed by atoms with Gasteiger partial charge in [-0.2, -0.15) is 0 Å². The first kappa shape index (κ1) is 13.7. The molecule has 0 radical (unpaired) electrons. The molecule has 0 amide bonds. The summed E-state index contributed by atoms with van der Waals surface area (Å²) in [5, 5.41) is 18.0. The standard InChI is InChI=1S/C15H17BO3/c1-11-4-3-5-12(2)15(11)10-19-14-8-6-13(7-9-14)16(17)18/h3-9,17-18H,10H2,1-2H3. The summed E-state index contributed by atoms with van der Waals surface area (Å²) in [7, 11) is -1.44. The van der Waals surface area contributed by atoms with E-state index in [2.05, 4.69) is 26.0 Å². The van der Waals surface area contributed by atoms with Crippen LogP contribution in [0.2, 0.25) is 0 Å². The van der Waals surface area contributed by atoms with E-state index in [9.17, 15) is 0 Å². The van der Waals surface area contributed by atoms with Crippen LogP contribution in [-0.2, 0) is 6.61 Å². The smallest absolute Gasteiger partial charge is 0.488 e. The van der Waals surface area contributed by atoms with Gasteiger partial charge < -0.3 is 14.8 Å². The summed E-state index contributed by atoms with van der Waals surface area (Å²) in [6, 6.07) is 12.9. The van der Waals surface area contributed by atoms with Crippen LogP contribution >= 0.6 is 0 Å². The zero-order valence-corrected chi connectivity index (χ0v) is 11.1. The second kappa shape index (κ2) is 5.91. The van der Waals surface area contributed by atoms with Crippen molar-refractivity contribution in [3.8, 4) is 5.75 Å². The van der Waals surface area contributed by atoms with Gasteiger partial charge in [0.15, 0.2) is 0 Å². The first-order valence-electron chi connectivity index (χ1n) is 6.22. The van der Waals surface area contributed by atoms with E-state index >= 15 is 0 Å². The molecule has 0 fully saturated rings. The van der Waals surface area contributed by atoms with Crippen LogP contribution in [-0.4, -0.2) is 17.2 Å². The van der Waals surface area contributed by atoms with Gasteiger partial charge in [0.1, 0.15) is 12.4 Å². The van der Waals surface area contributed by atoms with Crippen molar-refractivity contribution in [2.75, 3.05) is 0 Å². The largest absolute Gasteiger partial charge is 0.489 e. The van der Waals surface area contributed by atoms with Crippen molar-refractivity contribution in [1.82, 2.24) is 0 Å². The average Bonchev–Trinajstić information content (AvgIpc) is 2.38. The van der Waals surface area contributed by atoms with Crippen LogP contribution in [0, 0.1) is 13.8 Å². The summed E-state index contributed by atoms with van der Waals surface area (Å²) < 4.78 is 5.73. The zero-order chi connectivity index (χ0) is 13.8. The zero-order valence-electron chi connectivity index (χ0n) is 11.1. The minimum absolute atomic E-state index is 0.458. The molecule has 0 bridgehead atoms. The van der Waals surface area contributed by atoms with Gasteiger partial charge in [0.25, 0.3) is 0 Å². The second-order valence-corrected chi connectivity index (χ2v) is 4.60. The van der Waals surface area contributed by atoms with Gasteiger partial charge in [-0.15, -0.1) is 0 Å². The first-order valence-corrected chi connectivity index (χ1v) is 6.22. The summed E-state index contributed by atoms with van der Waals surface area (Å²) in [5.74, 6) is 0.715. The van der Waals surface area contributed by atoms with E-state index in [1.165, 1.54) is 16.7 Å². The SMILES string of the molecule is Cc1cccc(C)c1COc1ccc(B(O)O)cc1. The third-order valence-corrected chi connectivity index (χ3v) is 3.21. The van der Waals surface area contributed by atoms with E-state index in [1.54, 1.807) is 24.3 Å². The predicted molar refractivity (Wildman–Crippen MR) is 76.5 cm³/mol. The van der Waals surface area contributed by atoms with Gasteiger partial charge in [0, 0.05) is 0 Å². The van der Waals surface area contributed by atoms with E-state index in [-0.39, 0.29) is 0 Å². The normalized spacial score (nSPS) is 10.3. The van der Waals surface area contributed by atoms with Gasteiger partial charge in [0.05, 0.1) is 0 Å². The van der Waals surface area contributed by atoms with Crippen molar-refractivity contribution in [3.63, 3.8) is 0 Å². The van der Waals surface area contributed by atoms with Crippen LogP contribution in [0.1, 0.15) is 16.7 Å². The van der Waals surface area contributed by atoms with Crippen LogP contribution in [0.5, 0.6) is 5.75 Å². The highest BCUT2D eigenvalue weighted by atomic mass is 16.5. The molecule has 2 rings (SSSR count). The lowest BCUT2D eigenvalue weighted by molar-refractivity contribution is 0.304. The van der Waals surface area contributed by atoms with E-state index in [0.29, 0.717) is 17.8 Å². The molecule has 19 heavy (non-hydrogen) atoms. The van der Waals surface area contributed by atoms with Crippen LogP contribution < -0.4 is 10.2 Å². The fourth-order valence-corrected chi connectivity index (χ4v) is 1.97. The molecular weight excluding hydrogens is 239 g/mol. The predicted octanol–water partition coefficient (Wildman–Crippen LogP) is 1.56. The van der Waals surface area contributed by atoms with Crippen LogP contribution in [0.15, 0.2) is 42.5 Å². The Bertz CT molecular complexity index is 530. The number of hydrogen-bond donors (Lipinski definition) is 2. The topological polar surface area (TPSA) is 49.7 Å². The molecule has 4 heteroatoms. The van der Waals surface area contributed by atoms with E-state index in [1.807, 2.05) is 6.07 Å². The molecule has 0 saturated heterocycles. The third-order valence-electron chi connectivity index (χ3n) is 3.21. The minimum Gasteiger partial charge on any atom is -0.489 e. The van der Waals surface area contributed by atoms with Gasteiger partial charge in [-0.1, -0.05) is 30.3 Å². The molecule has 0 unspecified atom stereocenters. The van der Waals surface area contributed by atoms with Crippen LogP contribution in [0.4, 0.5) is 0 Å². The van der Waals surface area contributed by atoms with Crippen molar-refractivity contribution >= 4 is 12.6 Å². The Kier molecular flexibility index (Phi) is 4.25. The second-order valence-electron chi connectivity index (χ2n) is 4.60. The molecule has 0 spiro atoms. The van der Waals surface area contributed by atoms with Gasteiger partial charge in [-0.25, -0.2) is 0 Å². The Hall–Kier alpha value is -1.78. The fourth-order valence-electron chi connectivity index (χ4n) is 1.97. The Labute approximate surface area is 113 Å². The van der Waals surface area contributed by atoms with Crippen LogP contribution in [0.25, 0.3) is 0 Å². The molecule has 98 valence electrons. The molecule has 0 aliphatic carbocycles. The van der Waals surface area contributed by atoms with Gasteiger partial charge in [-0.05, 0) is 48.1 Å². The molecule has 2 aromatic carbocycles. The highest BCUT2D eigenvalue weighted by molar-refractivity contribution is 6.58. The van der Waals surface area contributed by atoms with Crippen molar-refractivity contribution in [2.24, 2.45) is 0 Å². The highest BCUT2D eigenvalue weighted by Gasteiger charge is 2.10. The minimum atomic E-state index is -1.44. The van der Waals surface area contributed by atoms with Gasteiger partial charge in [0.2, 0.25) is 0 Å². The quantitative estimate of drug-likeness (QED) is 0.816. The molecule has 2 N–H and O–H groups in total. The van der Waals surface area contributed by atoms with E-state index in [4.69, 9.17) is 14.8 Å². The number of benzene rings is 2. The molecule has 2 aromatic rings. The lowest BCUT2D eigenvalue weighted by Crippen LogP contribution is -2.29. The Morgan fingerprint density at radius 2 is 1.53 bits per heavy atom. The Morgan fingerprint density at radius 1 is 0.947 bits per heavy atom. The summed E-state index contributed by atoms with van der Waals surface area (Å²) in [5.41, 5.74) is 4.07. The maximum absolute atomic E-state index is 9.01. The molecular formula is C15H17BO3. The van der Waals surface area contributed by atoms with Crippen molar-refractivity contribution in [2.45, 2.75) is 20.5 Å². The molecule has 0 aliphatic rings. The van der Waals surface area contributed by atoms with Crippen LogP contribution in [0.3, 0.4) is 0 Å². The molecule has 0 aliphatic heterocycles. The summed E-state index contributed by atoms with van der Waals surface area (Å²) in [4.78, 5) is 0. The molecule has 0 aromatic heterocycles. The van der Waals surface area contributed by atoms with Crippen molar-refractivity contribution < 1.29 is 14.8 Å². The lowest BCUT2D eigenvalue weighted by Gasteiger charge is -2.11. The summed E-state index contributed by atoms with van der Waals surface area (Å²) in [6.45, 7) is 4.65. The first-order chi connectivity index (χ1) is 9.08. The fraction of sp³-hybridized carbons (Fsp3) is 0.200. The molecule has 0 heterocycles. The number of aryl methyl sites for hydroxylation is 2. The van der Waals surface area contributed by atoms with Crippen molar-refractivity contribution in [1.29, 1.82) is 0 Å². The third kappa shape index (κ3) is 3.37. The molecule has 0 atom stereocenters. The maximum atomic E-state index is 9.01. The lowest BCUT2D eigenvalue weighted by atomic mass is 9.80. The summed E-state index contributed by atoms with van der Waals surface area (Å²) in [6.07, 6.45) is 0. The number of rotatable bonds is 4.